The Morgan fingerprint density at radius 3 is 2.78 bits per heavy atom. The van der Waals surface area contributed by atoms with Gasteiger partial charge in [-0.05, 0) is 0 Å². The number of rotatable bonds is 3. The van der Waals surface area contributed by atoms with E-state index in [4.69, 9.17) is 5.11 Å². The van der Waals surface area contributed by atoms with Crippen molar-refractivity contribution < 1.29 is 9.90 Å². The summed E-state index contributed by atoms with van der Waals surface area (Å²) in [4.78, 5) is 10.2. The van der Waals surface area contributed by atoms with Crippen molar-refractivity contribution in [2.45, 2.75) is 12.6 Å². The van der Waals surface area contributed by atoms with Crippen molar-refractivity contribution in [3.8, 4) is 0 Å². The number of carbonyl (C=O) groups is 1. The van der Waals surface area contributed by atoms with Gasteiger partial charge >= 0.3 is 0 Å². The highest BCUT2D eigenvalue weighted by molar-refractivity contribution is 14.1. The summed E-state index contributed by atoms with van der Waals surface area (Å²) in [5.74, 6) is 0. The number of hydrogen-bond acceptors (Lipinski definition) is 2. The number of nitrogens with one attached hydrogen (secondary N) is 1. The van der Waals surface area contributed by atoms with Crippen LogP contribution in [0.25, 0.3) is 0 Å². The zero-order valence-corrected chi connectivity index (χ0v) is 8.35. The molecule has 0 fully saturated rings. The molecule has 0 bridgehead atoms. The second-order valence-corrected chi connectivity index (χ2v) is 3.18. The number of hydrogen-bond donors (Lipinski definition) is 2. The van der Waals surface area contributed by atoms with Crippen LogP contribution in [0.2, 0.25) is 0 Å². The molecule has 3 nitrogen and oxygen atoms in total. The van der Waals surface area contributed by atoms with Gasteiger partial charge in [0.1, 0.15) is 6.23 Å². The fourth-order valence-corrected chi connectivity index (χ4v) is 1.10. The number of amides is 1. The molecule has 0 saturated heterocycles. The van der Waals surface area contributed by atoms with Crippen LogP contribution in [0.5, 0.6) is 0 Å². The first-order chi connectivity index (χ1) is 4.16. The highest BCUT2D eigenvalue weighted by atomic mass is 127. The molecule has 0 rings (SSSR count). The second kappa shape index (κ2) is 5.43. The summed E-state index contributed by atoms with van der Waals surface area (Å²) in [5, 5.41) is 11.9. The SMILES string of the molecule is O=C(I)NC(O)CCBr. The molecule has 0 aromatic heterocycles. The molecule has 1 amide bonds. The molecule has 0 aromatic carbocycles. The first-order valence-electron chi connectivity index (χ1n) is 2.37. The van der Waals surface area contributed by atoms with Crippen LogP contribution in [-0.2, 0) is 0 Å². The van der Waals surface area contributed by atoms with Crippen molar-refractivity contribution in [1.82, 2.24) is 5.32 Å². The minimum absolute atomic E-state index is 0.235. The molecule has 0 spiro atoms. The highest BCUT2D eigenvalue weighted by Crippen LogP contribution is 1.94. The van der Waals surface area contributed by atoms with E-state index in [1.807, 2.05) is 0 Å². The average Bonchev–Trinajstić information content (AvgIpc) is 1.63. The Hall–Kier alpha value is 0.640. The minimum atomic E-state index is -0.714. The highest BCUT2D eigenvalue weighted by Gasteiger charge is 2.02. The van der Waals surface area contributed by atoms with Crippen LogP contribution in [0.4, 0.5) is 4.79 Å². The standard InChI is InChI=1S/C4H7BrINO2/c5-2-1-3(8)7-4(6)9/h3,8H,1-2H2,(H,7,9). The van der Waals surface area contributed by atoms with Crippen molar-refractivity contribution in [1.29, 1.82) is 0 Å². The summed E-state index contributed by atoms with van der Waals surface area (Å²) < 4.78 is -0.235. The number of alkyl halides is 1. The number of carbonyl (C=O) groups excluding carboxylic acids is 1. The lowest BCUT2D eigenvalue weighted by Crippen LogP contribution is -2.30. The predicted molar refractivity (Wildman–Crippen MR) is 47.0 cm³/mol. The van der Waals surface area contributed by atoms with Gasteiger partial charge in [-0.3, -0.25) is 4.79 Å². The molecule has 0 aliphatic carbocycles. The summed E-state index contributed by atoms with van der Waals surface area (Å²) in [5.41, 5.74) is 0. The van der Waals surface area contributed by atoms with Gasteiger partial charge in [0, 0.05) is 34.3 Å². The molecule has 0 radical (unpaired) electrons. The van der Waals surface area contributed by atoms with E-state index in [2.05, 4.69) is 21.2 Å². The normalized spacial score (nSPS) is 12.8. The summed E-state index contributed by atoms with van der Waals surface area (Å²) in [7, 11) is 0. The van der Waals surface area contributed by atoms with Gasteiger partial charge in [-0.25, -0.2) is 0 Å². The quantitative estimate of drug-likeness (QED) is 0.271. The lowest BCUT2D eigenvalue weighted by molar-refractivity contribution is 0.146. The Labute approximate surface area is 75.5 Å². The Morgan fingerprint density at radius 2 is 2.44 bits per heavy atom. The van der Waals surface area contributed by atoms with Gasteiger partial charge in [-0.15, -0.1) is 0 Å². The monoisotopic (exact) mass is 307 g/mol. The zero-order valence-electron chi connectivity index (χ0n) is 4.60. The van der Waals surface area contributed by atoms with E-state index < -0.39 is 6.23 Å². The Bertz CT molecular complexity index is 101. The van der Waals surface area contributed by atoms with Crippen molar-refractivity contribution in [3.05, 3.63) is 0 Å². The Morgan fingerprint density at radius 1 is 1.89 bits per heavy atom. The van der Waals surface area contributed by atoms with E-state index >= 15 is 0 Å². The van der Waals surface area contributed by atoms with Gasteiger partial charge in [-0.2, -0.15) is 0 Å². The van der Waals surface area contributed by atoms with Gasteiger partial charge < -0.3 is 10.4 Å². The smallest absolute Gasteiger partial charge is 0.282 e. The summed E-state index contributed by atoms with van der Waals surface area (Å²) in [6.45, 7) is 0. The van der Waals surface area contributed by atoms with E-state index in [0.717, 1.165) is 0 Å². The summed E-state index contributed by atoms with van der Waals surface area (Å²) in [6, 6.07) is 0. The Balaban J connectivity index is 3.26. The van der Waals surface area contributed by atoms with Crippen LogP contribution in [0.1, 0.15) is 6.42 Å². The van der Waals surface area contributed by atoms with E-state index in [-0.39, 0.29) is 3.91 Å². The third-order valence-electron chi connectivity index (χ3n) is 0.663. The van der Waals surface area contributed by atoms with Crippen LogP contribution in [0, 0.1) is 0 Å². The molecule has 54 valence electrons. The molecule has 0 aliphatic heterocycles. The molecule has 0 heterocycles. The predicted octanol–water partition coefficient (Wildman–Crippen LogP) is 1.23. The van der Waals surface area contributed by atoms with Gasteiger partial charge in [0.05, 0.1) is 0 Å². The van der Waals surface area contributed by atoms with E-state index in [0.29, 0.717) is 11.8 Å². The summed E-state index contributed by atoms with van der Waals surface area (Å²) in [6.07, 6.45) is -0.178. The molecule has 5 heteroatoms. The maximum absolute atomic E-state index is 10.2. The van der Waals surface area contributed by atoms with Gasteiger partial charge in [0.15, 0.2) is 0 Å². The lowest BCUT2D eigenvalue weighted by atomic mass is 10.4. The van der Waals surface area contributed by atoms with Gasteiger partial charge in [0.2, 0.25) is 0 Å². The van der Waals surface area contributed by atoms with Crippen LogP contribution in [-0.4, -0.2) is 20.6 Å². The van der Waals surface area contributed by atoms with E-state index in [9.17, 15) is 4.79 Å². The molecule has 9 heavy (non-hydrogen) atoms. The van der Waals surface area contributed by atoms with Crippen LogP contribution in [0.15, 0.2) is 0 Å². The third-order valence-corrected chi connectivity index (χ3v) is 1.43. The number of aliphatic hydroxyl groups is 1. The van der Waals surface area contributed by atoms with Gasteiger partial charge in [-0.1, -0.05) is 15.9 Å². The molecule has 1 unspecified atom stereocenters. The maximum atomic E-state index is 10.2. The second-order valence-electron chi connectivity index (χ2n) is 1.41. The van der Waals surface area contributed by atoms with Gasteiger partial charge in [0.25, 0.3) is 3.91 Å². The van der Waals surface area contributed by atoms with Crippen molar-refractivity contribution in [3.63, 3.8) is 0 Å². The summed E-state index contributed by atoms with van der Waals surface area (Å²) >= 11 is 4.70. The van der Waals surface area contributed by atoms with E-state index in [1.165, 1.54) is 0 Å². The molecular weight excluding hydrogens is 301 g/mol. The molecule has 0 aromatic rings. The molecular formula is C4H7BrINO2. The topological polar surface area (TPSA) is 49.3 Å². The number of aliphatic hydroxyl groups excluding tert-OH is 1. The molecule has 0 saturated carbocycles. The zero-order chi connectivity index (χ0) is 7.28. The Kier molecular flexibility index (Phi) is 5.81. The maximum Gasteiger partial charge on any atom is 0.282 e. The van der Waals surface area contributed by atoms with Crippen molar-refractivity contribution in [2.24, 2.45) is 0 Å². The van der Waals surface area contributed by atoms with Crippen LogP contribution in [0.3, 0.4) is 0 Å². The molecule has 2 N–H and O–H groups in total. The van der Waals surface area contributed by atoms with Crippen molar-refractivity contribution >= 4 is 42.4 Å². The molecule has 0 aliphatic rings. The largest absolute Gasteiger partial charge is 0.374 e. The average molecular weight is 308 g/mol. The van der Waals surface area contributed by atoms with E-state index in [1.54, 1.807) is 22.6 Å². The van der Waals surface area contributed by atoms with Crippen LogP contribution >= 0.6 is 38.5 Å². The fourth-order valence-electron chi connectivity index (χ4n) is 0.307. The van der Waals surface area contributed by atoms with Crippen molar-refractivity contribution in [2.75, 3.05) is 5.33 Å². The fraction of sp³-hybridized carbons (Fsp3) is 0.750. The first kappa shape index (κ1) is 9.64. The lowest BCUT2D eigenvalue weighted by Gasteiger charge is -2.06. The number of halogens is 2. The third kappa shape index (κ3) is 6.53. The van der Waals surface area contributed by atoms with Crippen LogP contribution < -0.4 is 5.32 Å². The molecule has 1 atom stereocenters. The minimum Gasteiger partial charge on any atom is -0.374 e. The first-order valence-corrected chi connectivity index (χ1v) is 4.57.